The molecule has 0 aliphatic carbocycles. The Morgan fingerprint density at radius 1 is 1.07 bits per heavy atom. The molecule has 138 valence electrons. The van der Waals surface area contributed by atoms with Crippen molar-refractivity contribution < 1.29 is 19.1 Å². The molecular formula is C21H19NO5. The zero-order valence-corrected chi connectivity index (χ0v) is 14.8. The molecule has 3 rings (SSSR count). The van der Waals surface area contributed by atoms with Crippen LogP contribution < -0.4 is 5.63 Å². The normalized spacial score (nSPS) is 11.9. The molecule has 1 atom stereocenters. The van der Waals surface area contributed by atoms with Crippen LogP contribution in [0.25, 0.3) is 11.0 Å². The Labute approximate surface area is 155 Å². The maximum Gasteiger partial charge on any atom is 0.349 e. The number of fused-ring (bicyclic) bond motifs is 1. The minimum atomic E-state index is -1.01. The number of carboxylic acids is 1. The first-order valence-electron chi connectivity index (χ1n) is 8.54. The van der Waals surface area contributed by atoms with E-state index < -0.39 is 23.4 Å². The van der Waals surface area contributed by atoms with Crippen molar-refractivity contribution in [3.63, 3.8) is 0 Å². The summed E-state index contributed by atoms with van der Waals surface area (Å²) in [5.74, 6) is -2.33. The lowest BCUT2D eigenvalue weighted by Crippen LogP contribution is -2.38. The second kappa shape index (κ2) is 7.86. The van der Waals surface area contributed by atoms with Gasteiger partial charge in [0.05, 0.1) is 5.92 Å². The van der Waals surface area contributed by atoms with E-state index >= 15 is 0 Å². The number of hydrogen-bond donors (Lipinski definition) is 1. The monoisotopic (exact) mass is 365 g/mol. The highest BCUT2D eigenvalue weighted by Crippen LogP contribution is 2.16. The lowest BCUT2D eigenvalue weighted by Gasteiger charge is -2.24. The van der Waals surface area contributed by atoms with E-state index in [1.54, 1.807) is 24.3 Å². The van der Waals surface area contributed by atoms with Crippen LogP contribution in [-0.2, 0) is 11.3 Å². The molecule has 1 unspecified atom stereocenters. The number of carbonyl (C=O) groups is 2. The molecule has 6 nitrogen and oxygen atoms in total. The van der Waals surface area contributed by atoms with Gasteiger partial charge in [0, 0.05) is 18.5 Å². The molecule has 3 aromatic rings. The molecule has 6 heteroatoms. The lowest BCUT2D eigenvalue weighted by atomic mass is 10.1. The van der Waals surface area contributed by atoms with Gasteiger partial charge >= 0.3 is 11.6 Å². The lowest BCUT2D eigenvalue weighted by molar-refractivity contribution is -0.141. The third-order valence-corrected chi connectivity index (χ3v) is 4.29. The molecule has 1 amide bonds. The van der Waals surface area contributed by atoms with Gasteiger partial charge in [-0.15, -0.1) is 0 Å². The zero-order chi connectivity index (χ0) is 19.4. The van der Waals surface area contributed by atoms with E-state index in [0.717, 1.165) is 5.56 Å². The van der Waals surface area contributed by atoms with E-state index in [2.05, 4.69) is 0 Å². The highest BCUT2D eigenvalue weighted by molar-refractivity contribution is 5.96. The van der Waals surface area contributed by atoms with Gasteiger partial charge < -0.3 is 14.4 Å². The first kappa shape index (κ1) is 18.4. The Bertz CT molecular complexity index is 1030. The summed E-state index contributed by atoms with van der Waals surface area (Å²) >= 11 is 0. The van der Waals surface area contributed by atoms with E-state index in [9.17, 15) is 19.5 Å². The molecule has 1 heterocycles. The number of amides is 1. The molecule has 0 saturated heterocycles. The Morgan fingerprint density at radius 2 is 1.74 bits per heavy atom. The molecule has 0 aliphatic heterocycles. The Kier molecular flexibility index (Phi) is 5.35. The molecular weight excluding hydrogens is 346 g/mol. The van der Waals surface area contributed by atoms with Crippen LogP contribution in [0.4, 0.5) is 0 Å². The van der Waals surface area contributed by atoms with Crippen molar-refractivity contribution >= 4 is 22.8 Å². The molecule has 0 spiro atoms. The van der Waals surface area contributed by atoms with E-state index in [0.29, 0.717) is 11.0 Å². The minimum absolute atomic E-state index is 0.0185. The van der Waals surface area contributed by atoms with Gasteiger partial charge in [0.25, 0.3) is 5.91 Å². The Morgan fingerprint density at radius 3 is 2.44 bits per heavy atom. The van der Waals surface area contributed by atoms with Crippen molar-refractivity contribution in [1.29, 1.82) is 0 Å². The van der Waals surface area contributed by atoms with E-state index in [1.807, 2.05) is 30.3 Å². The van der Waals surface area contributed by atoms with Crippen LogP contribution in [0.1, 0.15) is 22.8 Å². The SMILES string of the molecule is CC(CN(Cc1ccccc1)C(=O)c1cc2ccccc2oc1=O)C(=O)O. The van der Waals surface area contributed by atoms with Crippen molar-refractivity contribution in [3.8, 4) is 0 Å². The minimum Gasteiger partial charge on any atom is -0.481 e. The van der Waals surface area contributed by atoms with Gasteiger partial charge in [0.2, 0.25) is 0 Å². The second-order valence-electron chi connectivity index (χ2n) is 6.40. The average Bonchev–Trinajstić information content (AvgIpc) is 2.67. The maximum absolute atomic E-state index is 13.0. The van der Waals surface area contributed by atoms with Crippen molar-refractivity contribution in [1.82, 2.24) is 4.90 Å². The van der Waals surface area contributed by atoms with Crippen LogP contribution in [0.2, 0.25) is 0 Å². The number of para-hydroxylation sites is 1. The van der Waals surface area contributed by atoms with Crippen molar-refractivity contribution in [3.05, 3.63) is 82.2 Å². The molecule has 2 aromatic carbocycles. The van der Waals surface area contributed by atoms with Gasteiger partial charge in [-0.05, 0) is 17.7 Å². The number of nitrogens with zero attached hydrogens (tertiary/aromatic N) is 1. The molecule has 0 aliphatic rings. The van der Waals surface area contributed by atoms with Gasteiger partial charge in [0.15, 0.2) is 0 Å². The average molecular weight is 365 g/mol. The zero-order valence-electron chi connectivity index (χ0n) is 14.8. The summed E-state index contributed by atoms with van der Waals surface area (Å²) in [6.45, 7) is 1.70. The van der Waals surface area contributed by atoms with Gasteiger partial charge in [-0.2, -0.15) is 0 Å². The summed E-state index contributed by atoms with van der Waals surface area (Å²) < 4.78 is 5.25. The first-order valence-corrected chi connectivity index (χ1v) is 8.54. The van der Waals surface area contributed by atoms with Crippen LogP contribution in [0, 0.1) is 5.92 Å². The number of aliphatic carboxylic acids is 1. The molecule has 0 fully saturated rings. The maximum atomic E-state index is 13.0. The molecule has 0 saturated carbocycles. The third kappa shape index (κ3) is 4.23. The van der Waals surface area contributed by atoms with E-state index in [1.165, 1.54) is 17.9 Å². The number of hydrogen-bond acceptors (Lipinski definition) is 4. The van der Waals surface area contributed by atoms with Crippen LogP contribution in [-0.4, -0.2) is 28.4 Å². The molecule has 1 aromatic heterocycles. The summed E-state index contributed by atoms with van der Waals surface area (Å²) in [5.41, 5.74) is 0.392. The smallest absolute Gasteiger partial charge is 0.349 e. The largest absolute Gasteiger partial charge is 0.481 e. The standard InChI is InChI=1S/C21H19NO5/c1-14(20(24)25)12-22(13-15-7-3-2-4-8-15)19(23)17-11-16-9-5-6-10-18(16)27-21(17)26/h2-11,14H,12-13H2,1H3,(H,24,25). The molecule has 0 radical (unpaired) electrons. The first-order chi connectivity index (χ1) is 13.0. The highest BCUT2D eigenvalue weighted by Gasteiger charge is 2.24. The Balaban J connectivity index is 1.97. The van der Waals surface area contributed by atoms with Crippen LogP contribution >= 0.6 is 0 Å². The van der Waals surface area contributed by atoms with Gasteiger partial charge in [0.1, 0.15) is 11.1 Å². The van der Waals surface area contributed by atoms with Crippen molar-refractivity contribution in [2.75, 3.05) is 6.54 Å². The number of carboxylic acid groups (broad SMARTS) is 1. The van der Waals surface area contributed by atoms with Crippen LogP contribution in [0.15, 0.2) is 69.9 Å². The summed E-state index contributed by atoms with van der Waals surface area (Å²) in [5, 5.41) is 9.86. The second-order valence-corrected chi connectivity index (χ2v) is 6.40. The fourth-order valence-corrected chi connectivity index (χ4v) is 2.81. The number of carbonyl (C=O) groups excluding carboxylic acids is 1. The van der Waals surface area contributed by atoms with E-state index in [4.69, 9.17) is 4.42 Å². The Hall–Kier alpha value is -3.41. The van der Waals surface area contributed by atoms with Gasteiger partial charge in [-0.1, -0.05) is 55.5 Å². The number of benzene rings is 2. The van der Waals surface area contributed by atoms with Crippen LogP contribution in [0.3, 0.4) is 0 Å². The third-order valence-electron chi connectivity index (χ3n) is 4.29. The summed E-state index contributed by atoms with van der Waals surface area (Å²) in [7, 11) is 0. The van der Waals surface area contributed by atoms with Crippen molar-refractivity contribution in [2.24, 2.45) is 5.92 Å². The van der Waals surface area contributed by atoms with Crippen molar-refractivity contribution in [2.45, 2.75) is 13.5 Å². The predicted molar refractivity (Wildman–Crippen MR) is 100 cm³/mol. The quantitative estimate of drug-likeness (QED) is 0.678. The molecule has 27 heavy (non-hydrogen) atoms. The van der Waals surface area contributed by atoms with Gasteiger partial charge in [-0.3, -0.25) is 9.59 Å². The molecule has 0 bridgehead atoms. The topological polar surface area (TPSA) is 87.8 Å². The van der Waals surface area contributed by atoms with Gasteiger partial charge in [-0.25, -0.2) is 4.79 Å². The van der Waals surface area contributed by atoms with E-state index in [-0.39, 0.29) is 18.7 Å². The fraction of sp³-hybridized carbons (Fsp3) is 0.190. The number of rotatable bonds is 6. The predicted octanol–water partition coefficient (Wildman–Crippen LogP) is 3.16. The summed E-state index contributed by atoms with van der Waals surface area (Å²) in [6.07, 6.45) is 0. The summed E-state index contributed by atoms with van der Waals surface area (Å²) in [6, 6.07) is 17.6. The van der Waals surface area contributed by atoms with Crippen LogP contribution in [0.5, 0.6) is 0 Å². The summed E-state index contributed by atoms with van der Waals surface area (Å²) in [4.78, 5) is 38.0. The highest BCUT2D eigenvalue weighted by atomic mass is 16.4. The molecule has 1 N–H and O–H groups in total. The fourth-order valence-electron chi connectivity index (χ4n) is 2.81.